The molecule has 8 heteroatoms. The van der Waals surface area contributed by atoms with Gasteiger partial charge in [-0.25, -0.2) is 9.97 Å². The third-order valence-electron chi connectivity index (χ3n) is 5.02. The van der Waals surface area contributed by atoms with E-state index in [1.54, 1.807) is 0 Å². The number of rotatable bonds is 5. The molecule has 1 aliphatic heterocycles. The van der Waals surface area contributed by atoms with Crippen molar-refractivity contribution in [2.24, 2.45) is 0 Å². The van der Waals surface area contributed by atoms with E-state index in [0.717, 1.165) is 50.7 Å². The van der Waals surface area contributed by atoms with Crippen molar-refractivity contribution in [1.82, 2.24) is 9.97 Å². The van der Waals surface area contributed by atoms with Crippen LogP contribution in [0.5, 0.6) is 0 Å². The van der Waals surface area contributed by atoms with Crippen molar-refractivity contribution in [3.63, 3.8) is 0 Å². The molecule has 1 saturated heterocycles. The Hall–Kier alpha value is -2.16. The van der Waals surface area contributed by atoms with Crippen molar-refractivity contribution < 1.29 is 9.53 Å². The molecular weight excluding hydrogens is 476 g/mol. The number of fused-ring (bicyclic) bond motifs is 1. The third-order valence-corrected chi connectivity index (χ3v) is 6.87. The van der Waals surface area contributed by atoms with Crippen molar-refractivity contribution in [1.29, 1.82) is 0 Å². The lowest BCUT2D eigenvalue weighted by molar-refractivity contribution is -0.113. The lowest BCUT2D eigenvalue weighted by Gasteiger charge is -2.36. The van der Waals surface area contributed by atoms with Gasteiger partial charge in [0.15, 0.2) is 5.82 Å². The van der Waals surface area contributed by atoms with Crippen LogP contribution in [0.25, 0.3) is 11.0 Å². The smallest absolute Gasteiger partial charge is 0.234 e. The maximum atomic E-state index is 12.6. The lowest BCUT2D eigenvalue weighted by atomic mass is 10.2. The van der Waals surface area contributed by atoms with Crippen molar-refractivity contribution in [3.05, 3.63) is 52.5 Å². The van der Waals surface area contributed by atoms with E-state index in [-0.39, 0.29) is 23.9 Å². The number of morpholine rings is 1. The lowest BCUT2D eigenvalue weighted by Crippen LogP contribution is -2.46. The van der Waals surface area contributed by atoms with E-state index in [2.05, 4.69) is 40.0 Å². The van der Waals surface area contributed by atoms with Crippen LogP contribution in [0.2, 0.25) is 0 Å². The fourth-order valence-electron chi connectivity index (χ4n) is 3.68. The molecule has 3 aromatic rings. The highest BCUT2D eigenvalue weighted by molar-refractivity contribution is 9.10. The van der Waals surface area contributed by atoms with Gasteiger partial charge in [-0.1, -0.05) is 39.8 Å². The molecule has 2 aromatic carbocycles. The number of carbonyl (C=O) groups excluding carboxylic acids is 1. The van der Waals surface area contributed by atoms with Crippen LogP contribution in [0.1, 0.15) is 19.4 Å². The first kappa shape index (κ1) is 22.0. The van der Waals surface area contributed by atoms with Gasteiger partial charge < -0.3 is 15.0 Å². The number of hydrogen-bond acceptors (Lipinski definition) is 6. The number of hydrogen-bond donors (Lipinski definition) is 1. The topological polar surface area (TPSA) is 67.4 Å². The molecule has 4 rings (SSSR count). The van der Waals surface area contributed by atoms with Gasteiger partial charge in [-0.15, -0.1) is 0 Å². The van der Waals surface area contributed by atoms with E-state index < -0.39 is 0 Å². The predicted octanol–water partition coefficient (Wildman–Crippen LogP) is 5.05. The van der Waals surface area contributed by atoms with Crippen molar-refractivity contribution in [3.8, 4) is 0 Å². The minimum absolute atomic E-state index is 0.0728. The molecule has 6 nitrogen and oxygen atoms in total. The number of halogens is 1. The fraction of sp³-hybridized carbons (Fsp3) is 0.348. The molecule has 1 aromatic heterocycles. The molecule has 2 atom stereocenters. The second-order valence-corrected chi connectivity index (χ2v) is 9.62. The number of para-hydroxylation sites is 2. The van der Waals surface area contributed by atoms with Gasteiger partial charge in [0, 0.05) is 23.2 Å². The minimum Gasteiger partial charge on any atom is -0.372 e. The Morgan fingerprint density at radius 3 is 2.52 bits per heavy atom. The maximum Gasteiger partial charge on any atom is 0.234 e. The Labute approximate surface area is 194 Å². The summed E-state index contributed by atoms with van der Waals surface area (Å²) in [6, 6.07) is 13.6. The number of aromatic nitrogens is 2. The SMILES string of the molecule is Cc1cc(NC(=O)CSc2nc3ccccc3nc2N2CC(C)OC(C)C2)ccc1Br. The number of carbonyl (C=O) groups is 1. The molecular formula is C23H25BrN4O2S. The Bertz CT molecular complexity index is 1100. The normalized spacial score (nSPS) is 18.9. The zero-order chi connectivity index (χ0) is 22.0. The number of ether oxygens (including phenoxy) is 1. The van der Waals surface area contributed by atoms with Crippen LogP contribution in [0, 0.1) is 6.92 Å². The van der Waals surface area contributed by atoms with Gasteiger partial charge in [0.25, 0.3) is 0 Å². The minimum atomic E-state index is -0.0728. The largest absolute Gasteiger partial charge is 0.372 e. The van der Waals surface area contributed by atoms with Gasteiger partial charge in [0.05, 0.1) is 29.0 Å². The van der Waals surface area contributed by atoms with Gasteiger partial charge in [-0.3, -0.25) is 4.79 Å². The quantitative estimate of drug-likeness (QED) is 0.494. The molecule has 162 valence electrons. The zero-order valence-electron chi connectivity index (χ0n) is 17.8. The average molecular weight is 501 g/mol. The predicted molar refractivity (Wildman–Crippen MR) is 130 cm³/mol. The molecule has 31 heavy (non-hydrogen) atoms. The average Bonchev–Trinajstić information content (AvgIpc) is 2.73. The summed E-state index contributed by atoms with van der Waals surface area (Å²) < 4.78 is 6.90. The fourth-order valence-corrected chi connectivity index (χ4v) is 4.73. The van der Waals surface area contributed by atoms with Gasteiger partial charge in [-0.05, 0) is 56.7 Å². The highest BCUT2D eigenvalue weighted by atomic mass is 79.9. The van der Waals surface area contributed by atoms with Crippen LogP contribution in [0.15, 0.2) is 52.0 Å². The maximum absolute atomic E-state index is 12.6. The third kappa shape index (κ3) is 5.37. The number of nitrogens with zero attached hydrogens (tertiary/aromatic N) is 3. The van der Waals surface area contributed by atoms with Crippen molar-refractivity contribution in [2.75, 3.05) is 29.1 Å². The summed E-state index contributed by atoms with van der Waals surface area (Å²) in [5, 5.41) is 3.73. The van der Waals surface area contributed by atoms with E-state index in [1.165, 1.54) is 11.8 Å². The number of amides is 1. The molecule has 1 amide bonds. The number of thioether (sulfide) groups is 1. The van der Waals surface area contributed by atoms with E-state index >= 15 is 0 Å². The first-order valence-electron chi connectivity index (χ1n) is 10.2. The Morgan fingerprint density at radius 1 is 1.16 bits per heavy atom. The molecule has 0 bridgehead atoms. The first-order chi connectivity index (χ1) is 14.9. The summed E-state index contributed by atoms with van der Waals surface area (Å²) in [6.07, 6.45) is 0.220. The van der Waals surface area contributed by atoms with Crippen LogP contribution in [0.4, 0.5) is 11.5 Å². The van der Waals surface area contributed by atoms with E-state index in [4.69, 9.17) is 14.7 Å². The standard InChI is InChI=1S/C23H25BrN4O2S/c1-14-10-17(8-9-18(14)24)25-21(29)13-31-23-22(28-11-15(2)30-16(3)12-28)26-19-6-4-5-7-20(19)27-23/h4-10,15-16H,11-13H2,1-3H3,(H,25,29). The molecule has 0 radical (unpaired) electrons. The molecule has 0 aliphatic carbocycles. The van der Waals surface area contributed by atoms with Gasteiger partial charge in [-0.2, -0.15) is 0 Å². The molecule has 1 fully saturated rings. The summed E-state index contributed by atoms with van der Waals surface area (Å²) in [5.74, 6) is 0.999. The van der Waals surface area contributed by atoms with E-state index in [1.807, 2.05) is 49.4 Å². The Morgan fingerprint density at radius 2 is 1.84 bits per heavy atom. The second kappa shape index (κ2) is 9.54. The molecule has 1 aliphatic rings. The number of nitrogens with one attached hydrogen (secondary N) is 1. The van der Waals surface area contributed by atoms with Gasteiger partial charge in [0.1, 0.15) is 5.03 Å². The Balaban J connectivity index is 1.55. The molecule has 1 N–H and O–H groups in total. The van der Waals surface area contributed by atoms with Gasteiger partial charge >= 0.3 is 0 Å². The summed E-state index contributed by atoms with van der Waals surface area (Å²) >= 11 is 4.90. The summed E-state index contributed by atoms with van der Waals surface area (Å²) in [7, 11) is 0. The summed E-state index contributed by atoms with van der Waals surface area (Å²) in [5.41, 5.74) is 3.53. The molecule has 2 unspecified atom stereocenters. The molecule has 0 saturated carbocycles. The van der Waals surface area contributed by atoms with Gasteiger partial charge in [0.2, 0.25) is 5.91 Å². The highest BCUT2D eigenvalue weighted by Crippen LogP contribution is 2.31. The number of anilines is 2. The van der Waals surface area contributed by atoms with Crippen LogP contribution in [-0.2, 0) is 9.53 Å². The van der Waals surface area contributed by atoms with Crippen molar-refractivity contribution in [2.45, 2.75) is 38.0 Å². The summed E-state index contributed by atoms with van der Waals surface area (Å²) in [4.78, 5) is 24.6. The molecule has 2 heterocycles. The van der Waals surface area contributed by atoms with Crippen LogP contribution in [-0.4, -0.2) is 46.9 Å². The van der Waals surface area contributed by atoms with Crippen molar-refractivity contribution >= 4 is 56.1 Å². The van der Waals surface area contributed by atoms with E-state index in [9.17, 15) is 4.79 Å². The van der Waals surface area contributed by atoms with Crippen LogP contribution < -0.4 is 10.2 Å². The second-order valence-electron chi connectivity index (χ2n) is 7.80. The molecule has 0 spiro atoms. The van der Waals surface area contributed by atoms with Crippen LogP contribution >= 0.6 is 27.7 Å². The van der Waals surface area contributed by atoms with E-state index in [0.29, 0.717) is 0 Å². The summed E-state index contributed by atoms with van der Waals surface area (Å²) in [6.45, 7) is 7.62. The highest BCUT2D eigenvalue weighted by Gasteiger charge is 2.26. The monoisotopic (exact) mass is 500 g/mol. The number of aryl methyl sites for hydroxylation is 1. The zero-order valence-corrected chi connectivity index (χ0v) is 20.2. The Kier molecular flexibility index (Phi) is 6.79. The number of benzene rings is 2. The van der Waals surface area contributed by atoms with Crippen LogP contribution in [0.3, 0.4) is 0 Å². The first-order valence-corrected chi connectivity index (χ1v) is 12.0.